The van der Waals surface area contributed by atoms with E-state index in [1.165, 1.54) is 0 Å². The fourth-order valence-corrected chi connectivity index (χ4v) is 3.15. The smallest absolute Gasteiger partial charge is 0.274 e. The average Bonchev–Trinajstić information content (AvgIpc) is 2.80. The summed E-state index contributed by atoms with van der Waals surface area (Å²) in [6, 6.07) is 16.8. The monoisotopic (exact) mass is 390 g/mol. The maximum atomic E-state index is 12.6. The lowest BCUT2D eigenvalue weighted by Crippen LogP contribution is -2.36. The first-order valence-corrected chi connectivity index (χ1v) is 9.44. The standard InChI is InChI=1S/C22H22N4O3/c1-28-21-10-5-16(15-23-21)19-3-2-4-20(25-19)22(27)24-17-6-8-18(9-7-17)26-11-13-29-14-12-26/h2-10,15H,11-14H2,1H3,(H,24,27). The van der Waals surface area contributed by atoms with Crippen LogP contribution in [0.5, 0.6) is 5.88 Å². The number of carbonyl (C=O) groups is 1. The number of aromatic nitrogens is 2. The van der Waals surface area contributed by atoms with Gasteiger partial charge in [-0.2, -0.15) is 0 Å². The molecule has 1 aliphatic rings. The fraction of sp³-hybridized carbons (Fsp3) is 0.227. The van der Waals surface area contributed by atoms with Gasteiger partial charge in [0.2, 0.25) is 5.88 Å². The second-order valence-electron chi connectivity index (χ2n) is 6.60. The highest BCUT2D eigenvalue weighted by atomic mass is 16.5. The number of ether oxygens (including phenoxy) is 2. The molecular weight excluding hydrogens is 368 g/mol. The summed E-state index contributed by atoms with van der Waals surface area (Å²) in [5.41, 5.74) is 3.69. The van der Waals surface area contributed by atoms with E-state index in [0.29, 0.717) is 17.3 Å². The lowest BCUT2D eigenvalue weighted by atomic mass is 10.2. The zero-order chi connectivity index (χ0) is 20.1. The second kappa shape index (κ2) is 8.70. The molecule has 0 aliphatic carbocycles. The third-order valence-electron chi connectivity index (χ3n) is 4.72. The van der Waals surface area contributed by atoms with Gasteiger partial charge in [-0.25, -0.2) is 9.97 Å². The van der Waals surface area contributed by atoms with Gasteiger partial charge >= 0.3 is 0 Å². The van der Waals surface area contributed by atoms with E-state index >= 15 is 0 Å². The van der Waals surface area contributed by atoms with Crippen LogP contribution in [-0.4, -0.2) is 49.3 Å². The van der Waals surface area contributed by atoms with Crippen molar-refractivity contribution in [3.8, 4) is 17.1 Å². The Bertz CT molecular complexity index is 968. The van der Waals surface area contributed by atoms with E-state index in [2.05, 4.69) is 20.2 Å². The Balaban J connectivity index is 1.45. The molecule has 1 aromatic carbocycles. The Kier molecular flexibility index (Phi) is 5.67. The molecule has 1 fully saturated rings. The number of morpholine rings is 1. The molecule has 0 unspecified atom stereocenters. The summed E-state index contributed by atoms with van der Waals surface area (Å²) < 4.78 is 10.5. The number of pyridine rings is 2. The molecule has 7 nitrogen and oxygen atoms in total. The van der Waals surface area contributed by atoms with Crippen molar-refractivity contribution in [2.45, 2.75) is 0 Å². The molecule has 0 bridgehead atoms. The van der Waals surface area contributed by atoms with Crippen LogP contribution in [-0.2, 0) is 4.74 Å². The molecule has 7 heteroatoms. The highest BCUT2D eigenvalue weighted by Crippen LogP contribution is 2.21. The number of rotatable bonds is 5. The van der Waals surface area contributed by atoms with Crippen LogP contribution in [0, 0.1) is 0 Å². The second-order valence-corrected chi connectivity index (χ2v) is 6.60. The van der Waals surface area contributed by atoms with E-state index in [4.69, 9.17) is 9.47 Å². The summed E-state index contributed by atoms with van der Waals surface area (Å²) in [4.78, 5) is 23.6. The Labute approximate surface area is 169 Å². The Hall–Kier alpha value is -3.45. The van der Waals surface area contributed by atoms with Crippen LogP contribution in [0.4, 0.5) is 11.4 Å². The number of nitrogens with one attached hydrogen (secondary N) is 1. The molecule has 1 N–H and O–H groups in total. The quantitative estimate of drug-likeness (QED) is 0.721. The molecule has 0 spiro atoms. The van der Waals surface area contributed by atoms with Crippen molar-refractivity contribution in [1.82, 2.24) is 9.97 Å². The van der Waals surface area contributed by atoms with Crippen LogP contribution in [0.2, 0.25) is 0 Å². The predicted octanol–water partition coefficient (Wildman–Crippen LogP) is 3.24. The van der Waals surface area contributed by atoms with Gasteiger partial charge in [-0.3, -0.25) is 4.79 Å². The average molecular weight is 390 g/mol. The van der Waals surface area contributed by atoms with Crippen molar-refractivity contribution in [1.29, 1.82) is 0 Å². The van der Waals surface area contributed by atoms with E-state index in [-0.39, 0.29) is 5.91 Å². The molecule has 3 aromatic rings. The van der Waals surface area contributed by atoms with Gasteiger partial charge in [-0.05, 0) is 42.5 Å². The first kappa shape index (κ1) is 18.9. The molecule has 0 saturated carbocycles. The van der Waals surface area contributed by atoms with Gasteiger partial charge in [-0.15, -0.1) is 0 Å². The number of benzene rings is 1. The molecule has 29 heavy (non-hydrogen) atoms. The molecule has 0 radical (unpaired) electrons. The van der Waals surface area contributed by atoms with Crippen LogP contribution in [0.25, 0.3) is 11.3 Å². The molecule has 3 heterocycles. The summed E-state index contributed by atoms with van der Waals surface area (Å²) in [5, 5.41) is 2.91. The number of hydrogen-bond acceptors (Lipinski definition) is 6. The number of nitrogens with zero attached hydrogens (tertiary/aromatic N) is 3. The lowest BCUT2D eigenvalue weighted by Gasteiger charge is -2.28. The number of methoxy groups -OCH3 is 1. The molecule has 0 atom stereocenters. The third kappa shape index (κ3) is 4.52. The predicted molar refractivity (Wildman–Crippen MR) is 111 cm³/mol. The number of carbonyl (C=O) groups excluding carboxylic acids is 1. The van der Waals surface area contributed by atoms with Crippen molar-refractivity contribution in [2.75, 3.05) is 43.6 Å². The molecule has 148 valence electrons. The minimum Gasteiger partial charge on any atom is -0.481 e. The summed E-state index contributed by atoms with van der Waals surface area (Å²) in [7, 11) is 1.57. The molecule has 1 aliphatic heterocycles. The van der Waals surface area contributed by atoms with Gasteiger partial charge < -0.3 is 19.7 Å². The molecule has 4 rings (SSSR count). The van der Waals surface area contributed by atoms with Crippen LogP contribution in [0.3, 0.4) is 0 Å². The molecular formula is C22H22N4O3. The Morgan fingerprint density at radius 3 is 2.55 bits per heavy atom. The molecule has 1 amide bonds. The summed E-state index contributed by atoms with van der Waals surface area (Å²) >= 11 is 0. The zero-order valence-electron chi connectivity index (χ0n) is 16.2. The van der Waals surface area contributed by atoms with E-state index in [1.54, 1.807) is 25.4 Å². The number of hydrogen-bond donors (Lipinski definition) is 1. The fourth-order valence-electron chi connectivity index (χ4n) is 3.15. The maximum Gasteiger partial charge on any atom is 0.274 e. The maximum absolute atomic E-state index is 12.6. The van der Waals surface area contributed by atoms with Gasteiger partial charge in [0.1, 0.15) is 5.69 Å². The van der Waals surface area contributed by atoms with Crippen molar-refractivity contribution in [2.24, 2.45) is 0 Å². The lowest BCUT2D eigenvalue weighted by molar-refractivity contribution is 0.102. The minimum atomic E-state index is -0.257. The van der Waals surface area contributed by atoms with Crippen LogP contribution < -0.4 is 15.0 Å². The molecule has 2 aromatic heterocycles. The highest BCUT2D eigenvalue weighted by Gasteiger charge is 2.13. The van der Waals surface area contributed by atoms with Gasteiger partial charge in [0.05, 0.1) is 26.0 Å². The first-order chi connectivity index (χ1) is 14.2. The van der Waals surface area contributed by atoms with E-state index in [0.717, 1.165) is 43.2 Å². The van der Waals surface area contributed by atoms with Gasteiger partial charge in [0.15, 0.2) is 0 Å². The summed E-state index contributed by atoms with van der Waals surface area (Å²) in [6.45, 7) is 3.24. The molecule has 1 saturated heterocycles. The van der Waals surface area contributed by atoms with Gasteiger partial charge in [0, 0.05) is 42.3 Å². The van der Waals surface area contributed by atoms with Crippen molar-refractivity contribution in [3.05, 3.63) is 66.5 Å². The minimum absolute atomic E-state index is 0.257. The first-order valence-electron chi connectivity index (χ1n) is 9.44. The Morgan fingerprint density at radius 2 is 1.86 bits per heavy atom. The van der Waals surface area contributed by atoms with Crippen LogP contribution >= 0.6 is 0 Å². The van der Waals surface area contributed by atoms with Crippen molar-refractivity contribution in [3.63, 3.8) is 0 Å². The van der Waals surface area contributed by atoms with E-state index < -0.39 is 0 Å². The normalized spacial score (nSPS) is 13.8. The van der Waals surface area contributed by atoms with E-state index in [9.17, 15) is 4.79 Å². The van der Waals surface area contributed by atoms with Crippen molar-refractivity contribution >= 4 is 17.3 Å². The SMILES string of the molecule is COc1ccc(-c2cccc(C(=O)Nc3ccc(N4CCOCC4)cc3)n2)cn1. The largest absolute Gasteiger partial charge is 0.481 e. The van der Waals surface area contributed by atoms with Crippen LogP contribution in [0.1, 0.15) is 10.5 Å². The number of amides is 1. The topological polar surface area (TPSA) is 76.6 Å². The van der Waals surface area contributed by atoms with Crippen LogP contribution in [0.15, 0.2) is 60.8 Å². The zero-order valence-corrected chi connectivity index (χ0v) is 16.2. The van der Waals surface area contributed by atoms with Gasteiger partial charge in [-0.1, -0.05) is 6.07 Å². The Morgan fingerprint density at radius 1 is 1.07 bits per heavy atom. The highest BCUT2D eigenvalue weighted by molar-refractivity contribution is 6.03. The number of anilines is 2. The summed E-state index contributed by atoms with van der Waals surface area (Å²) in [5.74, 6) is 0.274. The van der Waals surface area contributed by atoms with Crippen molar-refractivity contribution < 1.29 is 14.3 Å². The van der Waals surface area contributed by atoms with Gasteiger partial charge in [0.25, 0.3) is 5.91 Å². The summed E-state index contributed by atoms with van der Waals surface area (Å²) in [6.07, 6.45) is 1.67. The third-order valence-corrected chi connectivity index (χ3v) is 4.72. The van der Waals surface area contributed by atoms with E-state index in [1.807, 2.05) is 42.5 Å².